The van der Waals surface area contributed by atoms with Crippen LogP contribution in [-0.4, -0.2) is 43.3 Å². The molecule has 0 spiro atoms. The van der Waals surface area contributed by atoms with Gasteiger partial charge in [0, 0.05) is 13.5 Å². The molecule has 0 aliphatic carbocycles. The molecule has 0 bridgehead atoms. The van der Waals surface area contributed by atoms with Gasteiger partial charge in [0.1, 0.15) is 18.3 Å². The topological polar surface area (TPSA) is 54.0 Å². The van der Waals surface area contributed by atoms with E-state index in [4.69, 9.17) is 18.9 Å². The lowest BCUT2D eigenvalue weighted by atomic mass is 10.0. The molecule has 2 aliphatic rings. The van der Waals surface area contributed by atoms with Crippen molar-refractivity contribution < 1.29 is 23.7 Å². The van der Waals surface area contributed by atoms with E-state index in [0.29, 0.717) is 6.42 Å². The molecule has 4 atom stereocenters. The average Bonchev–Trinajstić information content (AvgIpc) is 2.92. The Morgan fingerprint density at radius 2 is 1.86 bits per heavy atom. The Hall–Kier alpha value is -1.27. The molecule has 0 amide bonds. The molecule has 2 heterocycles. The monoisotopic (exact) mass is 292 g/mol. The lowest BCUT2D eigenvalue weighted by Crippen LogP contribution is -2.36. The van der Waals surface area contributed by atoms with Gasteiger partial charge >= 0.3 is 0 Å². The second-order valence-corrected chi connectivity index (χ2v) is 5.85. The number of benzene rings is 1. The maximum Gasteiger partial charge on any atom is 0.187 e. The van der Waals surface area contributed by atoms with Crippen molar-refractivity contribution in [1.82, 2.24) is 0 Å². The third-order valence-corrected chi connectivity index (χ3v) is 3.78. The zero-order valence-corrected chi connectivity index (χ0v) is 12.4. The molecule has 21 heavy (non-hydrogen) atoms. The first-order valence-electron chi connectivity index (χ1n) is 7.11. The summed E-state index contributed by atoms with van der Waals surface area (Å²) in [5.41, 5.74) is 0.960. The van der Waals surface area contributed by atoms with Gasteiger partial charge in [0.15, 0.2) is 17.9 Å². The molecule has 114 valence electrons. The van der Waals surface area contributed by atoms with Gasteiger partial charge in [-0.25, -0.2) is 0 Å². The Morgan fingerprint density at radius 1 is 1.19 bits per heavy atom. The highest BCUT2D eigenvalue weighted by atomic mass is 16.8. The highest BCUT2D eigenvalue weighted by Gasteiger charge is 2.57. The smallest absolute Gasteiger partial charge is 0.187 e. The van der Waals surface area contributed by atoms with Crippen LogP contribution in [0.5, 0.6) is 0 Å². The van der Waals surface area contributed by atoms with Crippen molar-refractivity contribution in [3.05, 3.63) is 35.9 Å². The van der Waals surface area contributed by atoms with Gasteiger partial charge in [-0.1, -0.05) is 30.3 Å². The van der Waals surface area contributed by atoms with Crippen LogP contribution in [0, 0.1) is 0 Å². The van der Waals surface area contributed by atoms with Gasteiger partial charge in [-0.3, -0.25) is 4.79 Å². The second kappa shape index (κ2) is 5.50. The summed E-state index contributed by atoms with van der Waals surface area (Å²) in [5.74, 6) is -0.738. The Balaban J connectivity index is 1.74. The van der Waals surface area contributed by atoms with E-state index in [1.165, 1.54) is 0 Å². The maximum atomic E-state index is 12.5. The number of carbonyl (C=O) groups excluding carboxylic acids is 1. The summed E-state index contributed by atoms with van der Waals surface area (Å²) in [6, 6.07) is 9.60. The van der Waals surface area contributed by atoms with Crippen molar-refractivity contribution in [2.24, 2.45) is 0 Å². The normalized spacial score (nSPS) is 33.9. The first-order chi connectivity index (χ1) is 10.00. The van der Waals surface area contributed by atoms with Crippen molar-refractivity contribution in [2.45, 2.75) is 50.7 Å². The fraction of sp³-hybridized carbons (Fsp3) is 0.562. The second-order valence-electron chi connectivity index (χ2n) is 5.85. The largest absolute Gasteiger partial charge is 0.353 e. The minimum atomic E-state index is -0.721. The molecule has 3 rings (SSSR count). The van der Waals surface area contributed by atoms with E-state index in [0.717, 1.165) is 5.56 Å². The first kappa shape index (κ1) is 14.7. The molecule has 1 aromatic carbocycles. The van der Waals surface area contributed by atoms with E-state index in [-0.39, 0.29) is 11.9 Å². The predicted octanol–water partition coefficient (Wildman–Crippen LogP) is 1.69. The van der Waals surface area contributed by atoms with Crippen LogP contribution in [0.15, 0.2) is 30.3 Å². The van der Waals surface area contributed by atoms with Crippen LogP contribution in [0.2, 0.25) is 0 Å². The fourth-order valence-corrected chi connectivity index (χ4v) is 2.91. The number of hydrogen-bond donors (Lipinski definition) is 0. The van der Waals surface area contributed by atoms with Crippen LogP contribution in [-0.2, 0) is 30.2 Å². The number of ether oxygens (including phenoxy) is 4. The van der Waals surface area contributed by atoms with E-state index in [1.807, 2.05) is 44.2 Å². The van der Waals surface area contributed by atoms with Crippen molar-refractivity contribution >= 4 is 5.78 Å². The highest BCUT2D eigenvalue weighted by Crippen LogP contribution is 2.39. The van der Waals surface area contributed by atoms with Crippen molar-refractivity contribution in [2.75, 3.05) is 7.11 Å². The van der Waals surface area contributed by atoms with Gasteiger partial charge in [-0.2, -0.15) is 0 Å². The Kier molecular flexibility index (Phi) is 3.84. The molecular weight excluding hydrogens is 272 g/mol. The zero-order chi connectivity index (χ0) is 15.0. The van der Waals surface area contributed by atoms with Crippen LogP contribution in [0.1, 0.15) is 19.4 Å². The lowest BCUT2D eigenvalue weighted by molar-refractivity contribution is -0.225. The first-order valence-corrected chi connectivity index (χ1v) is 7.11. The molecule has 5 nitrogen and oxygen atoms in total. The number of rotatable bonds is 4. The molecule has 2 saturated heterocycles. The molecule has 5 heteroatoms. The van der Waals surface area contributed by atoms with E-state index >= 15 is 0 Å². The van der Waals surface area contributed by atoms with E-state index < -0.39 is 24.3 Å². The maximum absolute atomic E-state index is 12.5. The summed E-state index contributed by atoms with van der Waals surface area (Å²) in [6.07, 6.45) is -1.69. The van der Waals surface area contributed by atoms with Crippen molar-refractivity contribution in [3.63, 3.8) is 0 Å². The van der Waals surface area contributed by atoms with Crippen LogP contribution in [0.4, 0.5) is 0 Å². The predicted molar refractivity (Wildman–Crippen MR) is 74.6 cm³/mol. The molecule has 0 radical (unpaired) electrons. The number of fused-ring (bicyclic) bond motifs is 1. The van der Waals surface area contributed by atoms with Crippen LogP contribution in [0.25, 0.3) is 0 Å². The molecule has 0 unspecified atom stereocenters. The van der Waals surface area contributed by atoms with E-state index in [9.17, 15) is 4.79 Å². The third-order valence-electron chi connectivity index (χ3n) is 3.78. The minimum Gasteiger partial charge on any atom is -0.353 e. The molecular formula is C16H20O5. The van der Waals surface area contributed by atoms with Gasteiger partial charge in [0.25, 0.3) is 0 Å². The molecule has 0 N–H and O–H groups in total. The Bertz CT molecular complexity index is 513. The lowest BCUT2D eigenvalue weighted by Gasteiger charge is -2.23. The molecule has 1 aromatic rings. The minimum absolute atomic E-state index is 0.0166. The summed E-state index contributed by atoms with van der Waals surface area (Å²) in [4.78, 5) is 12.5. The molecule has 2 aliphatic heterocycles. The van der Waals surface area contributed by atoms with Gasteiger partial charge < -0.3 is 18.9 Å². The highest BCUT2D eigenvalue weighted by molar-refractivity contribution is 5.86. The van der Waals surface area contributed by atoms with Gasteiger partial charge in [-0.15, -0.1) is 0 Å². The number of Topliss-reactive ketones (excluding diaryl/α,β-unsaturated/α-hetero) is 1. The number of hydrogen-bond acceptors (Lipinski definition) is 5. The standard InChI is InChI=1S/C16H20O5/c1-16(2)20-13-12(19-15(18-3)14(13)21-16)11(17)9-10-7-5-4-6-8-10/h4-8,12-15H,9H2,1-3H3/t12-,13+,14+,15+/m1/s1. The SMILES string of the molecule is CO[C@H]1O[C@H](C(=O)Cc2ccccc2)[C@@H]2OC(C)(C)O[C@H]12. The summed E-state index contributed by atoms with van der Waals surface area (Å²) in [7, 11) is 1.54. The average molecular weight is 292 g/mol. The van der Waals surface area contributed by atoms with Gasteiger partial charge in [0.05, 0.1) is 0 Å². The Labute approximate surface area is 124 Å². The van der Waals surface area contributed by atoms with E-state index in [2.05, 4.69) is 0 Å². The fourth-order valence-electron chi connectivity index (χ4n) is 2.91. The van der Waals surface area contributed by atoms with Crippen LogP contribution in [0.3, 0.4) is 0 Å². The van der Waals surface area contributed by atoms with E-state index in [1.54, 1.807) is 7.11 Å². The summed E-state index contributed by atoms with van der Waals surface area (Å²) >= 11 is 0. The van der Waals surface area contributed by atoms with Gasteiger partial charge in [0.2, 0.25) is 0 Å². The number of ketones is 1. The summed E-state index contributed by atoms with van der Waals surface area (Å²) < 4.78 is 22.6. The summed E-state index contributed by atoms with van der Waals surface area (Å²) in [6.45, 7) is 3.66. The molecule has 2 fully saturated rings. The van der Waals surface area contributed by atoms with Crippen molar-refractivity contribution in [3.8, 4) is 0 Å². The van der Waals surface area contributed by atoms with Crippen LogP contribution < -0.4 is 0 Å². The van der Waals surface area contributed by atoms with Crippen LogP contribution >= 0.6 is 0 Å². The van der Waals surface area contributed by atoms with Gasteiger partial charge in [-0.05, 0) is 19.4 Å². The zero-order valence-electron chi connectivity index (χ0n) is 12.4. The molecule has 0 aromatic heterocycles. The summed E-state index contributed by atoms with van der Waals surface area (Å²) in [5, 5.41) is 0. The third kappa shape index (κ3) is 2.87. The quantitative estimate of drug-likeness (QED) is 0.845. The number of carbonyl (C=O) groups is 1. The molecule has 0 saturated carbocycles. The van der Waals surface area contributed by atoms with Crippen molar-refractivity contribution in [1.29, 1.82) is 0 Å². The number of methoxy groups -OCH3 is 1. The Morgan fingerprint density at radius 3 is 2.52 bits per heavy atom.